The van der Waals surface area contributed by atoms with Gasteiger partial charge in [0.05, 0.1) is 13.7 Å². The Hall–Kier alpha value is -2.05. The molecule has 0 aromatic carbocycles. The van der Waals surface area contributed by atoms with E-state index >= 15 is 0 Å². The highest BCUT2D eigenvalue weighted by Crippen LogP contribution is 2.31. The Morgan fingerprint density at radius 3 is 3.11 bits per heavy atom. The van der Waals surface area contributed by atoms with E-state index in [0.717, 1.165) is 19.5 Å². The predicted octanol–water partition coefficient (Wildman–Crippen LogP) is 0.243. The van der Waals surface area contributed by atoms with Gasteiger partial charge in [-0.05, 0) is 13.3 Å². The second-order valence-electron chi connectivity index (χ2n) is 4.23. The smallest absolute Gasteiger partial charge is 0.239 e. The molecule has 1 amide bonds. The molecule has 7 nitrogen and oxygen atoms in total. The van der Waals surface area contributed by atoms with Crippen LogP contribution in [-0.4, -0.2) is 49.2 Å². The summed E-state index contributed by atoms with van der Waals surface area (Å²) in [5.74, 6) is 1.90. The van der Waals surface area contributed by atoms with Gasteiger partial charge in [-0.3, -0.25) is 4.79 Å². The summed E-state index contributed by atoms with van der Waals surface area (Å²) in [5, 5.41) is 5.97. The molecule has 0 spiro atoms. The number of methoxy groups -OCH3 is 1. The second-order valence-corrected chi connectivity index (χ2v) is 4.23. The number of nitrogens with zero attached hydrogens (tertiary/aromatic N) is 3. The first-order chi connectivity index (χ1) is 9.26. The van der Waals surface area contributed by atoms with Crippen LogP contribution in [0.15, 0.2) is 6.33 Å². The summed E-state index contributed by atoms with van der Waals surface area (Å²) in [5.41, 5.74) is 0. The minimum Gasteiger partial charge on any atom is -0.490 e. The number of carbonyl (C=O) groups is 1. The number of carbonyl (C=O) groups excluding carboxylic acids is 1. The summed E-state index contributed by atoms with van der Waals surface area (Å²) in [6.07, 6.45) is 2.37. The van der Waals surface area contributed by atoms with Crippen molar-refractivity contribution in [2.24, 2.45) is 0 Å². The van der Waals surface area contributed by atoms with E-state index in [-0.39, 0.29) is 5.91 Å². The maximum absolute atomic E-state index is 11.6. The van der Waals surface area contributed by atoms with Crippen LogP contribution in [0.3, 0.4) is 0 Å². The molecule has 7 heteroatoms. The normalized spacial score (nSPS) is 15.7. The third-order valence-electron chi connectivity index (χ3n) is 2.89. The van der Waals surface area contributed by atoms with Gasteiger partial charge in [0.25, 0.3) is 0 Å². The van der Waals surface area contributed by atoms with Crippen molar-refractivity contribution in [2.75, 3.05) is 43.5 Å². The topological polar surface area (TPSA) is 79.4 Å². The summed E-state index contributed by atoms with van der Waals surface area (Å²) < 4.78 is 5.40. The summed E-state index contributed by atoms with van der Waals surface area (Å²) in [4.78, 5) is 22.0. The Morgan fingerprint density at radius 2 is 2.37 bits per heavy atom. The van der Waals surface area contributed by atoms with E-state index in [1.165, 1.54) is 6.33 Å². The third-order valence-corrected chi connectivity index (χ3v) is 2.89. The highest BCUT2D eigenvalue weighted by atomic mass is 16.5. The lowest BCUT2D eigenvalue weighted by Gasteiger charge is -2.23. The summed E-state index contributed by atoms with van der Waals surface area (Å²) in [7, 11) is 1.58. The van der Waals surface area contributed by atoms with E-state index in [1.807, 2.05) is 11.8 Å². The van der Waals surface area contributed by atoms with Gasteiger partial charge in [0.2, 0.25) is 11.7 Å². The highest BCUT2D eigenvalue weighted by Gasteiger charge is 2.21. The molecule has 1 aromatic heterocycles. The number of ether oxygens (including phenoxy) is 1. The molecule has 1 aromatic rings. The zero-order chi connectivity index (χ0) is 13.7. The molecule has 19 heavy (non-hydrogen) atoms. The van der Waals surface area contributed by atoms with Gasteiger partial charge in [-0.1, -0.05) is 0 Å². The molecule has 1 aliphatic heterocycles. The minimum absolute atomic E-state index is 0.00293. The minimum atomic E-state index is 0.00293. The molecule has 1 saturated heterocycles. The van der Waals surface area contributed by atoms with Gasteiger partial charge < -0.3 is 20.3 Å². The van der Waals surface area contributed by atoms with Crippen LogP contribution in [0.25, 0.3) is 0 Å². The standard InChI is InChI=1S/C12H19N5O2/c1-3-13-11-10(19-2)12(16-8-15-11)17-6-4-5-14-9(18)7-17/h8H,3-7H2,1-2H3,(H,14,18)(H,13,15,16). The number of hydrogen-bond acceptors (Lipinski definition) is 6. The van der Waals surface area contributed by atoms with Crippen LogP contribution in [0.1, 0.15) is 13.3 Å². The van der Waals surface area contributed by atoms with Crippen LogP contribution in [0.5, 0.6) is 5.75 Å². The fourth-order valence-corrected chi connectivity index (χ4v) is 2.06. The molecule has 1 aliphatic rings. The molecule has 1 fully saturated rings. The van der Waals surface area contributed by atoms with E-state index in [9.17, 15) is 4.79 Å². The average Bonchev–Trinajstić information content (AvgIpc) is 2.63. The first-order valence-corrected chi connectivity index (χ1v) is 6.40. The molecule has 0 aliphatic carbocycles. The van der Waals surface area contributed by atoms with Crippen molar-refractivity contribution in [1.82, 2.24) is 15.3 Å². The first-order valence-electron chi connectivity index (χ1n) is 6.40. The quantitative estimate of drug-likeness (QED) is 0.812. The number of rotatable bonds is 4. The first kappa shape index (κ1) is 13.4. The zero-order valence-electron chi connectivity index (χ0n) is 11.3. The number of amides is 1. The zero-order valence-corrected chi connectivity index (χ0v) is 11.3. The van der Waals surface area contributed by atoms with E-state index in [1.54, 1.807) is 7.11 Å². The molecule has 2 rings (SSSR count). The largest absolute Gasteiger partial charge is 0.490 e. The SMILES string of the molecule is CCNc1ncnc(N2CCCNC(=O)C2)c1OC. The summed E-state index contributed by atoms with van der Waals surface area (Å²) in [6, 6.07) is 0. The van der Waals surface area contributed by atoms with Crippen LogP contribution < -0.4 is 20.3 Å². The molecule has 0 saturated carbocycles. The molecule has 0 bridgehead atoms. The Morgan fingerprint density at radius 1 is 1.53 bits per heavy atom. The molecule has 0 atom stereocenters. The average molecular weight is 265 g/mol. The number of hydrogen-bond donors (Lipinski definition) is 2. The monoisotopic (exact) mass is 265 g/mol. The van der Waals surface area contributed by atoms with E-state index in [0.29, 0.717) is 30.5 Å². The molecule has 2 N–H and O–H groups in total. The molecule has 0 unspecified atom stereocenters. The fraction of sp³-hybridized carbons (Fsp3) is 0.583. The lowest BCUT2D eigenvalue weighted by Crippen LogP contribution is -2.33. The van der Waals surface area contributed by atoms with Gasteiger partial charge in [0, 0.05) is 19.6 Å². The van der Waals surface area contributed by atoms with Crippen molar-refractivity contribution in [3.05, 3.63) is 6.33 Å². The van der Waals surface area contributed by atoms with Crippen molar-refractivity contribution < 1.29 is 9.53 Å². The van der Waals surface area contributed by atoms with Crippen LogP contribution in [0, 0.1) is 0 Å². The van der Waals surface area contributed by atoms with Gasteiger partial charge in [-0.25, -0.2) is 9.97 Å². The van der Waals surface area contributed by atoms with Gasteiger partial charge >= 0.3 is 0 Å². The summed E-state index contributed by atoms with van der Waals surface area (Å²) >= 11 is 0. The van der Waals surface area contributed by atoms with Crippen molar-refractivity contribution in [2.45, 2.75) is 13.3 Å². The molecular formula is C12H19N5O2. The van der Waals surface area contributed by atoms with E-state index < -0.39 is 0 Å². The Labute approximate surface area is 112 Å². The maximum Gasteiger partial charge on any atom is 0.239 e. The van der Waals surface area contributed by atoms with Crippen molar-refractivity contribution >= 4 is 17.5 Å². The van der Waals surface area contributed by atoms with Gasteiger partial charge in [-0.2, -0.15) is 0 Å². The van der Waals surface area contributed by atoms with Gasteiger partial charge in [0.15, 0.2) is 11.6 Å². The third kappa shape index (κ3) is 3.04. The Bertz CT molecular complexity index is 452. The number of anilines is 2. The molecule has 104 valence electrons. The fourth-order valence-electron chi connectivity index (χ4n) is 2.06. The lowest BCUT2D eigenvalue weighted by molar-refractivity contribution is -0.119. The molecule has 2 heterocycles. The summed E-state index contributed by atoms with van der Waals surface area (Å²) in [6.45, 7) is 4.48. The van der Waals surface area contributed by atoms with E-state index in [2.05, 4.69) is 20.6 Å². The lowest BCUT2D eigenvalue weighted by atomic mass is 10.3. The Kier molecular flexibility index (Phi) is 4.38. The predicted molar refractivity (Wildman–Crippen MR) is 72.6 cm³/mol. The van der Waals surface area contributed by atoms with Crippen molar-refractivity contribution in [1.29, 1.82) is 0 Å². The van der Waals surface area contributed by atoms with Crippen molar-refractivity contribution in [3.63, 3.8) is 0 Å². The maximum atomic E-state index is 11.6. The van der Waals surface area contributed by atoms with Crippen LogP contribution in [0.2, 0.25) is 0 Å². The number of aromatic nitrogens is 2. The van der Waals surface area contributed by atoms with Gasteiger partial charge in [-0.15, -0.1) is 0 Å². The second kappa shape index (κ2) is 6.21. The molecule has 0 radical (unpaired) electrons. The van der Waals surface area contributed by atoms with Crippen molar-refractivity contribution in [3.8, 4) is 5.75 Å². The van der Waals surface area contributed by atoms with E-state index in [4.69, 9.17) is 4.74 Å². The number of nitrogens with one attached hydrogen (secondary N) is 2. The molecular weight excluding hydrogens is 246 g/mol. The van der Waals surface area contributed by atoms with Gasteiger partial charge in [0.1, 0.15) is 6.33 Å². The Balaban J connectivity index is 2.31. The van der Waals surface area contributed by atoms with Crippen LogP contribution in [-0.2, 0) is 4.79 Å². The van der Waals surface area contributed by atoms with Crippen LogP contribution in [0.4, 0.5) is 11.6 Å². The highest BCUT2D eigenvalue weighted by molar-refractivity contribution is 5.82. The van der Waals surface area contributed by atoms with Crippen LogP contribution >= 0.6 is 0 Å².